The highest BCUT2D eigenvalue weighted by Gasteiger charge is 2.44. The molecule has 0 atom stereocenters. The van der Waals surface area contributed by atoms with Crippen molar-refractivity contribution in [3.63, 3.8) is 0 Å². The summed E-state index contributed by atoms with van der Waals surface area (Å²) in [5.74, 6) is -0.0599. The van der Waals surface area contributed by atoms with Crippen LogP contribution in [-0.2, 0) is 4.79 Å². The number of aryl methyl sites for hydroxylation is 1. The Balaban J connectivity index is 2.05. The lowest BCUT2D eigenvalue weighted by Crippen LogP contribution is -2.11. The summed E-state index contributed by atoms with van der Waals surface area (Å²) in [4.78, 5) is 22.0. The lowest BCUT2D eigenvalue weighted by Gasteiger charge is -2.12. The summed E-state index contributed by atoms with van der Waals surface area (Å²) >= 11 is 1.52. The zero-order valence-corrected chi connectivity index (χ0v) is 11.4. The molecule has 1 aliphatic rings. The number of carboxylic acid groups (broad SMARTS) is 1. The number of hydrogen-bond donors (Lipinski definition) is 1. The summed E-state index contributed by atoms with van der Waals surface area (Å²) in [6.07, 6.45) is 2.05. The number of non-ortho nitro benzene ring substituents is 1. The van der Waals surface area contributed by atoms with Gasteiger partial charge in [-0.05, 0) is 30.7 Å². The van der Waals surface area contributed by atoms with Gasteiger partial charge < -0.3 is 5.11 Å². The van der Waals surface area contributed by atoms with Gasteiger partial charge in [0.1, 0.15) is 0 Å². The third-order valence-corrected chi connectivity index (χ3v) is 4.91. The molecule has 1 aromatic carbocycles. The van der Waals surface area contributed by atoms with Gasteiger partial charge >= 0.3 is 5.97 Å². The van der Waals surface area contributed by atoms with Crippen LogP contribution >= 0.6 is 11.8 Å². The zero-order chi connectivity index (χ0) is 14.0. The maximum Gasteiger partial charge on any atom is 0.303 e. The molecule has 1 aromatic rings. The maximum absolute atomic E-state index is 10.8. The van der Waals surface area contributed by atoms with Gasteiger partial charge in [0, 0.05) is 22.8 Å². The topological polar surface area (TPSA) is 80.4 Å². The van der Waals surface area contributed by atoms with Crippen molar-refractivity contribution < 1.29 is 14.8 Å². The molecule has 102 valence electrons. The Morgan fingerprint density at radius 2 is 2.21 bits per heavy atom. The molecule has 0 aliphatic heterocycles. The first-order valence-electron chi connectivity index (χ1n) is 6.02. The minimum Gasteiger partial charge on any atom is -0.481 e. The Morgan fingerprint density at radius 1 is 1.53 bits per heavy atom. The lowest BCUT2D eigenvalue weighted by atomic mass is 10.1. The number of nitrogens with zero attached hydrogens (tertiary/aromatic N) is 1. The second kappa shape index (κ2) is 5.21. The van der Waals surface area contributed by atoms with Gasteiger partial charge in [-0.15, -0.1) is 11.8 Å². The molecule has 5 nitrogen and oxygen atoms in total. The van der Waals surface area contributed by atoms with Crippen LogP contribution < -0.4 is 0 Å². The first kappa shape index (κ1) is 13.9. The van der Waals surface area contributed by atoms with E-state index in [4.69, 9.17) is 5.11 Å². The maximum atomic E-state index is 10.8. The molecule has 0 aromatic heterocycles. The molecule has 1 fully saturated rings. The van der Waals surface area contributed by atoms with Crippen LogP contribution in [0.5, 0.6) is 0 Å². The van der Waals surface area contributed by atoms with E-state index in [-0.39, 0.29) is 17.5 Å². The van der Waals surface area contributed by atoms with Crippen molar-refractivity contribution in [3.8, 4) is 0 Å². The number of hydrogen-bond acceptors (Lipinski definition) is 4. The van der Waals surface area contributed by atoms with Crippen molar-refractivity contribution in [2.24, 2.45) is 5.41 Å². The number of aliphatic carboxylic acids is 1. The molecular formula is C13H15NO4S. The molecule has 0 spiro atoms. The van der Waals surface area contributed by atoms with E-state index in [1.165, 1.54) is 17.8 Å². The van der Waals surface area contributed by atoms with Crippen LogP contribution in [0.3, 0.4) is 0 Å². The van der Waals surface area contributed by atoms with E-state index in [0.717, 1.165) is 23.3 Å². The fraction of sp³-hybridized carbons (Fsp3) is 0.462. The number of benzene rings is 1. The zero-order valence-electron chi connectivity index (χ0n) is 10.6. The summed E-state index contributed by atoms with van der Waals surface area (Å²) in [6.45, 7) is 1.91. The molecule has 1 saturated carbocycles. The minimum atomic E-state index is -0.770. The van der Waals surface area contributed by atoms with Crippen molar-refractivity contribution in [1.29, 1.82) is 0 Å². The van der Waals surface area contributed by atoms with Crippen molar-refractivity contribution in [3.05, 3.63) is 33.9 Å². The number of carbonyl (C=O) groups is 1. The summed E-state index contributed by atoms with van der Waals surface area (Å²) in [5.41, 5.74) is 0.964. The minimum absolute atomic E-state index is 0.0798. The van der Waals surface area contributed by atoms with Gasteiger partial charge in [0.05, 0.1) is 11.3 Å². The van der Waals surface area contributed by atoms with E-state index in [1.54, 1.807) is 12.1 Å². The van der Waals surface area contributed by atoms with Gasteiger partial charge in [0.25, 0.3) is 5.69 Å². The Morgan fingerprint density at radius 3 is 2.74 bits per heavy atom. The highest BCUT2D eigenvalue weighted by molar-refractivity contribution is 7.99. The Labute approximate surface area is 115 Å². The van der Waals surface area contributed by atoms with Crippen LogP contribution in [0.2, 0.25) is 0 Å². The molecule has 0 radical (unpaired) electrons. The molecule has 1 aliphatic carbocycles. The third-order valence-electron chi connectivity index (χ3n) is 3.40. The predicted molar refractivity (Wildman–Crippen MR) is 72.5 cm³/mol. The van der Waals surface area contributed by atoms with E-state index in [2.05, 4.69) is 0 Å². The van der Waals surface area contributed by atoms with Crippen LogP contribution in [0.25, 0.3) is 0 Å². The number of thioether (sulfide) groups is 1. The summed E-state index contributed by atoms with van der Waals surface area (Å²) < 4.78 is 0. The summed E-state index contributed by atoms with van der Waals surface area (Å²) in [6, 6.07) is 4.79. The van der Waals surface area contributed by atoms with Crippen molar-refractivity contribution >= 4 is 23.4 Å². The van der Waals surface area contributed by atoms with E-state index in [1.807, 2.05) is 6.92 Å². The number of nitro groups is 1. The summed E-state index contributed by atoms with van der Waals surface area (Å²) in [7, 11) is 0. The second-order valence-electron chi connectivity index (χ2n) is 5.07. The predicted octanol–water partition coefficient (Wildman–Crippen LogP) is 3.25. The molecule has 0 heterocycles. The standard InChI is InChI=1S/C13H15NO4S/c1-9-2-3-10(14(17)18)6-11(9)19-8-13(4-5-13)7-12(15)16/h2-3,6H,4-5,7-8H2,1H3,(H,15,16). The molecule has 2 rings (SSSR count). The number of rotatable bonds is 6. The molecule has 0 unspecified atom stereocenters. The monoisotopic (exact) mass is 281 g/mol. The molecule has 6 heteroatoms. The average Bonchev–Trinajstić information content (AvgIpc) is 3.07. The highest BCUT2D eigenvalue weighted by Crippen LogP contribution is 2.52. The van der Waals surface area contributed by atoms with Gasteiger partial charge in [-0.2, -0.15) is 0 Å². The van der Waals surface area contributed by atoms with E-state index < -0.39 is 10.9 Å². The fourth-order valence-corrected chi connectivity index (χ4v) is 3.31. The van der Waals surface area contributed by atoms with E-state index in [9.17, 15) is 14.9 Å². The molecule has 0 bridgehead atoms. The number of nitro benzene ring substituents is 1. The Kier molecular flexibility index (Phi) is 3.80. The molecule has 19 heavy (non-hydrogen) atoms. The van der Waals surface area contributed by atoms with Crippen molar-refractivity contribution in [2.45, 2.75) is 31.1 Å². The first-order valence-corrected chi connectivity index (χ1v) is 7.00. The average molecular weight is 281 g/mol. The summed E-state index contributed by atoms with van der Waals surface area (Å²) in [5, 5.41) is 19.6. The van der Waals surface area contributed by atoms with E-state index in [0.29, 0.717) is 5.75 Å². The Bertz CT molecular complexity index is 525. The largest absolute Gasteiger partial charge is 0.481 e. The highest BCUT2D eigenvalue weighted by atomic mass is 32.2. The van der Waals surface area contributed by atoms with Crippen molar-refractivity contribution in [2.75, 3.05) is 5.75 Å². The molecule has 1 N–H and O–H groups in total. The van der Waals surface area contributed by atoms with E-state index >= 15 is 0 Å². The normalized spacial score (nSPS) is 16.1. The lowest BCUT2D eigenvalue weighted by molar-refractivity contribution is -0.385. The number of carboxylic acids is 1. The van der Waals surface area contributed by atoms with Crippen LogP contribution in [0.15, 0.2) is 23.1 Å². The van der Waals surface area contributed by atoms with Gasteiger partial charge in [-0.25, -0.2) is 0 Å². The Hall–Kier alpha value is -1.56. The molecule has 0 saturated heterocycles. The smallest absolute Gasteiger partial charge is 0.303 e. The molecule has 0 amide bonds. The molecular weight excluding hydrogens is 266 g/mol. The van der Waals surface area contributed by atoms with Crippen LogP contribution in [-0.4, -0.2) is 21.8 Å². The third kappa shape index (κ3) is 3.47. The van der Waals surface area contributed by atoms with Gasteiger partial charge in [0.15, 0.2) is 0 Å². The van der Waals surface area contributed by atoms with Crippen LogP contribution in [0, 0.1) is 22.5 Å². The quantitative estimate of drug-likeness (QED) is 0.492. The second-order valence-corrected chi connectivity index (χ2v) is 6.08. The fourth-order valence-electron chi connectivity index (χ4n) is 1.96. The van der Waals surface area contributed by atoms with Gasteiger partial charge in [0.2, 0.25) is 0 Å². The van der Waals surface area contributed by atoms with Crippen molar-refractivity contribution in [1.82, 2.24) is 0 Å². The SMILES string of the molecule is Cc1ccc([N+](=O)[O-])cc1SCC1(CC(=O)O)CC1. The van der Waals surface area contributed by atoms with Gasteiger partial charge in [-0.1, -0.05) is 6.07 Å². The van der Waals surface area contributed by atoms with Crippen LogP contribution in [0.1, 0.15) is 24.8 Å². The first-order chi connectivity index (χ1) is 8.92. The van der Waals surface area contributed by atoms with Gasteiger partial charge in [-0.3, -0.25) is 14.9 Å². The van der Waals surface area contributed by atoms with Crippen LogP contribution in [0.4, 0.5) is 5.69 Å².